The van der Waals surface area contributed by atoms with Crippen LogP contribution in [0.3, 0.4) is 0 Å². The van der Waals surface area contributed by atoms with Crippen molar-refractivity contribution in [3.05, 3.63) is 71.8 Å². The Bertz CT molecular complexity index is 866. The second-order valence-corrected chi connectivity index (χ2v) is 6.80. The van der Waals surface area contributed by atoms with E-state index in [4.69, 9.17) is 9.47 Å². The molecule has 3 rings (SSSR count). The van der Waals surface area contributed by atoms with Gasteiger partial charge in [-0.2, -0.15) is 0 Å². The van der Waals surface area contributed by atoms with Crippen molar-refractivity contribution in [1.82, 2.24) is 9.80 Å². The first-order chi connectivity index (χ1) is 14.6. The second-order valence-electron chi connectivity index (χ2n) is 6.80. The van der Waals surface area contributed by atoms with Crippen molar-refractivity contribution in [3.63, 3.8) is 0 Å². The van der Waals surface area contributed by atoms with Gasteiger partial charge in [-0.1, -0.05) is 36.4 Å². The van der Waals surface area contributed by atoms with Crippen LogP contribution in [0.5, 0.6) is 11.5 Å². The van der Waals surface area contributed by atoms with E-state index in [0.717, 1.165) is 22.6 Å². The number of piperazine rings is 1. The zero-order valence-corrected chi connectivity index (χ0v) is 17.3. The Hall–Kier alpha value is -3.54. The van der Waals surface area contributed by atoms with Gasteiger partial charge in [0.15, 0.2) is 0 Å². The van der Waals surface area contributed by atoms with E-state index in [1.807, 2.05) is 48.5 Å². The van der Waals surface area contributed by atoms with Crippen LogP contribution in [0.2, 0.25) is 0 Å². The van der Waals surface area contributed by atoms with E-state index in [1.54, 1.807) is 48.3 Å². The first-order valence-corrected chi connectivity index (χ1v) is 9.82. The number of benzene rings is 2. The number of rotatable bonds is 6. The van der Waals surface area contributed by atoms with Gasteiger partial charge in [0.05, 0.1) is 14.2 Å². The maximum Gasteiger partial charge on any atom is 0.246 e. The number of para-hydroxylation sites is 2. The lowest BCUT2D eigenvalue weighted by Crippen LogP contribution is -2.49. The summed E-state index contributed by atoms with van der Waals surface area (Å²) in [5.41, 5.74) is 1.70. The number of carbonyl (C=O) groups excluding carboxylic acids is 2. The van der Waals surface area contributed by atoms with Crippen LogP contribution in [0.25, 0.3) is 12.2 Å². The molecular formula is C24H26N2O4. The highest BCUT2D eigenvalue weighted by Crippen LogP contribution is 2.20. The third-order valence-corrected chi connectivity index (χ3v) is 4.99. The minimum Gasteiger partial charge on any atom is -0.496 e. The fourth-order valence-corrected chi connectivity index (χ4v) is 3.29. The van der Waals surface area contributed by atoms with Gasteiger partial charge in [-0.25, -0.2) is 0 Å². The number of carbonyl (C=O) groups is 2. The third-order valence-electron chi connectivity index (χ3n) is 4.99. The Morgan fingerprint density at radius 2 is 1.07 bits per heavy atom. The molecule has 1 heterocycles. The molecule has 1 aliphatic heterocycles. The van der Waals surface area contributed by atoms with E-state index in [-0.39, 0.29) is 11.8 Å². The Kier molecular flexibility index (Phi) is 7.27. The Balaban J connectivity index is 1.54. The van der Waals surface area contributed by atoms with Crippen LogP contribution < -0.4 is 9.47 Å². The molecule has 30 heavy (non-hydrogen) atoms. The van der Waals surface area contributed by atoms with Crippen molar-refractivity contribution in [2.24, 2.45) is 0 Å². The molecule has 0 bridgehead atoms. The summed E-state index contributed by atoms with van der Waals surface area (Å²) in [6.45, 7) is 2.01. The molecular weight excluding hydrogens is 380 g/mol. The van der Waals surface area contributed by atoms with Crippen molar-refractivity contribution in [3.8, 4) is 11.5 Å². The number of amides is 2. The normalized spacial score (nSPS) is 14.3. The van der Waals surface area contributed by atoms with Crippen LogP contribution in [-0.4, -0.2) is 62.0 Å². The summed E-state index contributed by atoms with van der Waals surface area (Å²) < 4.78 is 10.6. The monoisotopic (exact) mass is 406 g/mol. The van der Waals surface area contributed by atoms with Crippen molar-refractivity contribution >= 4 is 24.0 Å². The second kappa shape index (κ2) is 10.3. The standard InChI is InChI=1S/C24H26N2O4/c1-29-21-9-5-3-7-19(21)11-13-23(27)25-15-17-26(18-16-25)24(28)14-12-20-8-4-6-10-22(20)30-2/h3-14H,15-18H2,1-2H3. The molecule has 2 aromatic rings. The molecule has 0 atom stereocenters. The molecule has 0 unspecified atom stereocenters. The maximum absolute atomic E-state index is 12.5. The SMILES string of the molecule is COc1ccccc1C=CC(=O)N1CCN(C(=O)C=Cc2ccccc2OC)CC1. The molecule has 1 saturated heterocycles. The average Bonchev–Trinajstić information content (AvgIpc) is 2.81. The summed E-state index contributed by atoms with van der Waals surface area (Å²) in [5, 5.41) is 0. The number of hydrogen-bond acceptors (Lipinski definition) is 4. The van der Waals surface area contributed by atoms with Crippen LogP contribution in [0.1, 0.15) is 11.1 Å². The van der Waals surface area contributed by atoms with Gasteiger partial charge in [0, 0.05) is 49.5 Å². The van der Waals surface area contributed by atoms with E-state index in [9.17, 15) is 9.59 Å². The molecule has 6 nitrogen and oxygen atoms in total. The predicted molar refractivity (Wildman–Crippen MR) is 117 cm³/mol. The molecule has 1 fully saturated rings. The lowest BCUT2D eigenvalue weighted by Gasteiger charge is -2.33. The smallest absolute Gasteiger partial charge is 0.246 e. The zero-order valence-electron chi connectivity index (χ0n) is 17.3. The van der Waals surface area contributed by atoms with Gasteiger partial charge in [0.1, 0.15) is 11.5 Å². The highest BCUT2D eigenvalue weighted by molar-refractivity contribution is 5.94. The molecule has 0 saturated carbocycles. The third kappa shape index (κ3) is 5.29. The van der Waals surface area contributed by atoms with Gasteiger partial charge in [0.2, 0.25) is 11.8 Å². The zero-order chi connectivity index (χ0) is 21.3. The van der Waals surface area contributed by atoms with Crippen molar-refractivity contribution in [1.29, 1.82) is 0 Å². The van der Waals surface area contributed by atoms with Crippen LogP contribution in [0.4, 0.5) is 0 Å². The van der Waals surface area contributed by atoms with Gasteiger partial charge in [-0.15, -0.1) is 0 Å². The van der Waals surface area contributed by atoms with E-state index in [2.05, 4.69) is 0 Å². The lowest BCUT2D eigenvalue weighted by atomic mass is 10.1. The molecule has 6 heteroatoms. The first-order valence-electron chi connectivity index (χ1n) is 9.82. The van der Waals surface area contributed by atoms with Crippen LogP contribution in [0, 0.1) is 0 Å². The van der Waals surface area contributed by atoms with E-state index >= 15 is 0 Å². The van der Waals surface area contributed by atoms with Crippen molar-refractivity contribution < 1.29 is 19.1 Å². The highest BCUT2D eigenvalue weighted by Gasteiger charge is 2.21. The van der Waals surface area contributed by atoms with Crippen LogP contribution in [-0.2, 0) is 9.59 Å². The molecule has 0 aliphatic carbocycles. The summed E-state index contributed by atoms with van der Waals surface area (Å²) >= 11 is 0. The van der Waals surface area contributed by atoms with Crippen molar-refractivity contribution in [2.45, 2.75) is 0 Å². The van der Waals surface area contributed by atoms with Crippen LogP contribution in [0.15, 0.2) is 60.7 Å². The fourth-order valence-electron chi connectivity index (χ4n) is 3.29. The summed E-state index contributed by atoms with van der Waals surface area (Å²) in [7, 11) is 3.21. The Morgan fingerprint density at radius 1 is 0.700 bits per heavy atom. The molecule has 2 aromatic carbocycles. The molecule has 0 radical (unpaired) electrons. The number of nitrogens with zero attached hydrogens (tertiary/aromatic N) is 2. The lowest BCUT2D eigenvalue weighted by molar-refractivity contribution is -0.133. The summed E-state index contributed by atoms with van der Waals surface area (Å²) in [6, 6.07) is 15.1. The largest absolute Gasteiger partial charge is 0.496 e. The maximum atomic E-state index is 12.5. The summed E-state index contributed by atoms with van der Waals surface area (Å²) in [5.74, 6) is 1.30. The van der Waals surface area contributed by atoms with E-state index < -0.39 is 0 Å². The number of ether oxygens (including phenoxy) is 2. The Labute approximate surface area is 177 Å². The minimum absolute atomic E-state index is 0.0717. The fraction of sp³-hybridized carbons (Fsp3) is 0.250. The molecule has 0 spiro atoms. The molecule has 2 amide bonds. The summed E-state index contributed by atoms with van der Waals surface area (Å²) in [4.78, 5) is 28.5. The average molecular weight is 406 g/mol. The van der Waals surface area contributed by atoms with Gasteiger partial charge < -0.3 is 19.3 Å². The summed E-state index contributed by atoms with van der Waals surface area (Å²) in [6.07, 6.45) is 6.62. The number of hydrogen-bond donors (Lipinski definition) is 0. The van der Waals surface area contributed by atoms with Gasteiger partial charge >= 0.3 is 0 Å². The first kappa shape index (κ1) is 21.2. The van der Waals surface area contributed by atoms with Gasteiger partial charge in [-0.3, -0.25) is 9.59 Å². The highest BCUT2D eigenvalue weighted by atomic mass is 16.5. The molecule has 0 aromatic heterocycles. The van der Waals surface area contributed by atoms with E-state index in [1.165, 1.54) is 0 Å². The minimum atomic E-state index is -0.0717. The Morgan fingerprint density at radius 3 is 1.43 bits per heavy atom. The molecule has 156 valence electrons. The molecule has 1 aliphatic rings. The predicted octanol–water partition coefficient (Wildman–Crippen LogP) is 3.10. The van der Waals surface area contributed by atoms with Gasteiger partial charge in [-0.05, 0) is 24.3 Å². The van der Waals surface area contributed by atoms with E-state index in [0.29, 0.717) is 26.2 Å². The van der Waals surface area contributed by atoms with Gasteiger partial charge in [0.25, 0.3) is 0 Å². The quantitative estimate of drug-likeness (QED) is 0.692. The van der Waals surface area contributed by atoms with Crippen LogP contribution >= 0.6 is 0 Å². The number of methoxy groups -OCH3 is 2. The topological polar surface area (TPSA) is 59.1 Å². The molecule has 0 N–H and O–H groups in total. The van der Waals surface area contributed by atoms with Crippen molar-refractivity contribution in [2.75, 3.05) is 40.4 Å².